The van der Waals surface area contributed by atoms with Crippen LogP contribution in [0.4, 0.5) is 0 Å². The van der Waals surface area contributed by atoms with Crippen molar-refractivity contribution in [3.63, 3.8) is 0 Å². The molecule has 0 aromatic carbocycles. The Hall–Kier alpha value is -2.84. The van der Waals surface area contributed by atoms with Crippen LogP contribution in [0.5, 0.6) is 0 Å². The molecule has 0 aliphatic heterocycles. The fourth-order valence-electron chi connectivity index (χ4n) is 0.568. The minimum atomic E-state index is -1.28. The first kappa shape index (κ1) is 20.5. The highest BCUT2D eigenvalue weighted by Crippen LogP contribution is 2.06. The van der Waals surface area contributed by atoms with Gasteiger partial charge in [-0.3, -0.25) is 9.59 Å². The normalized spacial score (nSPS) is 8.19. The molecule has 0 saturated heterocycles. The van der Waals surface area contributed by atoms with Crippen LogP contribution in [-0.4, -0.2) is 73.0 Å². The van der Waals surface area contributed by atoms with Gasteiger partial charge in [0.25, 0.3) is 0 Å². The molecule has 0 bridgehead atoms. The number of hydrogen-bond acceptors (Lipinski definition) is 5. The molecule has 0 aliphatic rings. The molecule has 1 rings (SSSR count). The largest absolute Gasteiger partial charge is 0.475 e. The van der Waals surface area contributed by atoms with E-state index in [1.54, 1.807) is 28.2 Å². The second kappa shape index (κ2) is 11.0. The summed E-state index contributed by atoms with van der Waals surface area (Å²) in [7, 11) is 6.75. The van der Waals surface area contributed by atoms with Crippen molar-refractivity contribution in [2.45, 2.75) is 0 Å². The van der Waals surface area contributed by atoms with Crippen molar-refractivity contribution in [3.8, 4) is 0 Å². The van der Waals surface area contributed by atoms with Crippen molar-refractivity contribution in [1.82, 2.24) is 9.80 Å². The zero-order valence-electron chi connectivity index (χ0n) is 12.1. The van der Waals surface area contributed by atoms with Crippen molar-refractivity contribution in [2.24, 2.45) is 0 Å². The van der Waals surface area contributed by atoms with Crippen LogP contribution in [0.15, 0.2) is 16.5 Å². The van der Waals surface area contributed by atoms with E-state index in [9.17, 15) is 19.2 Å². The first-order chi connectivity index (χ1) is 9.65. The van der Waals surface area contributed by atoms with Crippen molar-refractivity contribution in [3.05, 3.63) is 23.7 Å². The summed E-state index contributed by atoms with van der Waals surface area (Å²) in [5.74, 6) is -3.31. The highest BCUT2D eigenvalue weighted by molar-refractivity contribution is 5.88. The lowest BCUT2D eigenvalue weighted by Gasteiger charge is -1.93. The predicted molar refractivity (Wildman–Crippen MR) is 72.1 cm³/mol. The summed E-state index contributed by atoms with van der Waals surface area (Å²) < 4.78 is 4.41. The van der Waals surface area contributed by atoms with Gasteiger partial charge in [-0.05, 0) is 12.1 Å². The van der Waals surface area contributed by atoms with E-state index in [1.165, 1.54) is 9.80 Å². The Morgan fingerprint density at radius 3 is 1.24 bits per heavy atom. The molecule has 0 atom stereocenters. The number of carbonyl (C=O) groups excluding carboxylic acids is 2. The summed E-state index contributed by atoms with van der Waals surface area (Å²) in [6.45, 7) is 0. The van der Waals surface area contributed by atoms with Gasteiger partial charge in [-0.15, -0.1) is 0 Å². The van der Waals surface area contributed by atoms with Crippen LogP contribution in [0, 0.1) is 0 Å². The maximum atomic E-state index is 10.2. The summed E-state index contributed by atoms with van der Waals surface area (Å²) in [4.78, 5) is 42.1. The third kappa shape index (κ3) is 12.0. The lowest BCUT2D eigenvalue weighted by molar-refractivity contribution is -0.116. The smallest absolute Gasteiger partial charge is 0.371 e. The first-order valence-corrected chi connectivity index (χ1v) is 5.45. The van der Waals surface area contributed by atoms with Gasteiger partial charge in [-0.1, -0.05) is 0 Å². The number of carboxylic acid groups (broad SMARTS) is 2. The number of amides is 2. The molecule has 0 spiro atoms. The van der Waals surface area contributed by atoms with Crippen molar-refractivity contribution in [2.75, 3.05) is 28.2 Å². The standard InChI is InChI=1S/C6H4O5.2C3H7NO/c7-5(8)3-1-2-4(11-3)6(9)10;2*1-4(2)3-5/h1-2H,(H,7,8)(H,9,10);2*3H,1-2H3. The molecular formula is C12H18N2O7. The Kier molecular flexibility index (Phi) is 10.8. The molecule has 1 aromatic heterocycles. The molecule has 1 aromatic rings. The molecular weight excluding hydrogens is 284 g/mol. The number of furan rings is 1. The molecule has 1 heterocycles. The van der Waals surface area contributed by atoms with E-state index in [2.05, 4.69) is 4.42 Å². The average molecular weight is 302 g/mol. The second-order valence-electron chi connectivity index (χ2n) is 3.91. The van der Waals surface area contributed by atoms with Crippen LogP contribution < -0.4 is 0 Å². The summed E-state index contributed by atoms with van der Waals surface area (Å²) in [5.41, 5.74) is 0. The molecule has 0 radical (unpaired) electrons. The molecule has 118 valence electrons. The van der Waals surface area contributed by atoms with Gasteiger partial charge in [-0.2, -0.15) is 0 Å². The van der Waals surface area contributed by atoms with Gasteiger partial charge in [-0.25, -0.2) is 9.59 Å². The van der Waals surface area contributed by atoms with Crippen LogP contribution in [-0.2, 0) is 9.59 Å². The van der Waals surface area contributed by atoms with Gasteiger partial charge >= 0.3 is 11.9 Å². The van der Waals surface area contributed by atoms with Gasteiger partial charge in [0.1, 0.15) is 0 Å². The molecule has 21 heavy (non-hydrogen) atoms. The van der Waals surface area contributed by atoms with Crippen LogP contribution in [0.2, 0.25) is 0 Å². The number of rotatable bonds is 4. The molecule has 2 amide bonds. The Labute approximate surface area is 121 Å². The van der Waals surface area contributed by atoms with Gasteiger partial charge in [0.2, 0.25) is 24.3 Å². The summed E-state index contributed by atoms with van der Waals surface area (Å²) in [6.07, 6.45) is 1.50. The third-order valence-electron chi connectivity index (χ3n) is 1.45. The highest BCUT2D eigenvalue weighted by Gasteiger charge is 2.12. The van der Waals surface area contributed by atoms with E-state index in [4.69, 9.17) is 10.2 Å². The molecule has 2 N–H and O–H groups in total. The lowest BCUT2D eigenvalue weighted by Crippen LogP contribution is -2.06. The van der Waals surface area contributed by atoms with Crippen LogP contribution >= 0.6 is 0 Å². The molecule has 0 aliphatic carbocycles. The van der Waals surface area contributed by atoms with E-state index in [-0.39, 0.29) is 11.5 Å². The SMILES string of the molecule is CN(C)C=O.CN(C)C=O.O=C(O)c1ccc(C(=O)O)o1. The maximum absolute atomic E-state index is 10.2. The number of nitrogens with zero attached hydrogens (tertiary/aromatic N) is 2. The number of hydrogen-bond donors (Lipinski definition) is 2. The fourth-order valence-corrected chi connectivity index (χ4v) is 0.568. The Bertz CT molecular complexity index is 425. The molecule has 9 nitrogen and oxygen atoms in total. The minimum Gasteiger partial charge on any atom is -0.475 e. The molecule has 9 heteroatoms. The summed E-state index contributed by atoms with van der Waals surface area (Å²) >= 11 is 0. The number of carboxylic acids is 2. The van der Waals surface area contributed by atoms with E-state index < -0.39 is 11.9 Å². The minimum absolute atomic E-state index is 0.373. The van der Waals surface area contributed by atoms with Crippen molar-refractivity contribution in [1.29, 1.82) is 0 Å². The Morgan fingerprint density at radius 2 is 1.14 bits per heavy atom. The van der Waals surface area contributed by atoms with E-state index in [1.807, 2.05) is 0 Å². The van der Waals surface area contributed by atoms with E-state index in [0.717, 1.165) is 25.0 Å². The second-order valence-corrected chi connectivity index (χ2v) is 3.91. The third-order valence-corrected chi connectivity index (χ3v) is 1.45. The maximum Gasteiger partial charge on any atom is 0.371 e. The topological polar surface area (TPSA) is 128 Å². The molecule has 0 saturated carbocycles. The molecule has 0 unspecified atom stereocenters. The lowest BCUT2D eigenvalue weighted by atomic mass is 10.4. The van der Waals surface area contributed by atoms with Gasteiger partial charge in [0, 0.05) is 28.2 Å². The Balaban J connectivity index is 0. The van der Waals surface area contributed by atoms with Gasteiger partial charge < -0.3 is 24.4 Å². The van der Waals surface area contributed by atoms with E-state index in [0.29, 0.717) is 0 Å². The van der Waals surface area contributed by atoms with Crippen LogP contribution in [0.1, 0.15) is 21.1 Å². The molecule has 0 fully saturated rings. The first-order valence-electron chi connectivity index (χ1n) is 5.45. The highest BCUT2D eigenvalue weighted by atomic mass is 16.4. The van der Waals surface area contributed by atoms with Gasteiger partial charge in [0.15, 0.2) is 0 Å². The van der Waals surface area contributed by atoms with Crippen molar-refractivity contribution >= 4 is 24.8 Å². The summed E-state index contributed by atoms with van der Waals surface area (Å²) in [5, 5.41) is 16.6. The summed E-state index contributed by atoms with van der Waals surface area (Å²) in [6, 6.07) is 2.18. The number of carbonyl (C=O) groups is 4. The zero-order valence-corrected chi connectivity index (χ0v) is 12.1. The average Bonchev–Trinajstić information content (AvgIpc) is 2.90. The van der Waals surface area contributed by atoms with E-state index >= 15 is 0 Å². The monoisotopic (exact) mass is 302 g/mol. The zero-order chi connectivity index (χ0) is 17.0. The van der Waals surface area contributed by atoms with Crippen LogP contribution in [0.25, 0.3) is 0 Å². The number of aromatic carboxylic acids is 2. The predicted octanol–water partition coefficient (Wildman–Crippen LogP) is 0.0848. The van der Waals surface area contributed by atoms with Gasteiger partial charge in [0.05, 0.1) is 0 Å². The quantitative estimate of drug-likeness (QED) is 0.754. The van der Waals surface area contributed by atoms with Crippen molar-refractivity contribution < 1.29 is 33.8 Å². The Morgan fingerprint density at radius 1 is 0.905 bits per heavy atom. The fraction of sp³-hybridized carbons (Fsp3) is 0.333. The van der Waals surface area contributed by atoms with Crippen LogP contribution in [0.3, 0.4) is 0 Å².